The molecule has 0 bridgehead atoms. The first kappa shape index (κ1) is 19.4. The van der Waals surface area contributed by atoms with Crippen molar-refractivity contribution in [3.63, 3.8) is 0 Å². The average Bonchev–Trinajstić information content (AvgIpc) is 2.59. The third kappa shape index (κ3) is 4.56. The summed E-state index contributed by atoms with van der Waals surface area (Å²) >= 11 is 0. The highest BCUT2D eigenvalue weighted by molar-refractivity contribution is 7.89. The third-order valence-corrected chi connectivity index (χ3v) is 5.81. The van der Waals surface area contributed by atoms with Crippen molar-refractivity contribution >= 4 is 21.9 Å². The van der Waals surface area contributed by atoms with Crippen LogP contribution < -0.4 is 10.4 Å². The highest BCUT2D eigenvalue weighted by Crippen LogP contribution is 2.18. The molecule has 1 aliphatic rings. The van der Waals surface area contributed by atoms with E-state index in [2.05, 4.69) is 5.32 Å². The summed E-state index contributed by atoms with van der Waals surface area (Å²) in [4.78, 5) is 23.4. The average molecular weight is 369 g/mol. The lowest BCUT2D eigenvalue weighted by molar-refractivity contribution is -0.309. The van der Waals surface area contributed by atoms with Crippen molar-refractivity contribution in [2.24, 2.45) is 5.92 Å². The zero-order chi connectivity index (χ0) is 18.6. The van der Waals surface area contributed by atoms with Crippen LogP contribution in [0.1, 0.15) is 24.2 Å². The van der Waals surface area contributed by atoms with Crippen LogP contribution in [0, 0.1) is 5.92 Å². The van der Waals surface area contributed by atoms with Crippen molar-refractivity contribution in [3.8, 4) is 0 Å². The minimum Gasteiger partial charge on any atom is -0.548 e. The number of nitrogens with zero attached hydrogens (tertiary/aromatic N) is 1. The molecule has 25 heavy (non-hydrogen) atoms. The van der Waals surface area contributed by atoms with Crippen LogP contribution in [0.2, 0.25) is 0 Å². The second-order valence-corrected chi connectivity index (χ2v) is 8.00. The van der Waals surface area contributed by atoms with Crippen LogP contribution in [0.25, 0.3) is 0 Å². The molecule has 1 saturated heterocycles. The van der Waals surface area contributed by atoms with E-state index in [0.717, 1.165) is 0 Å². The molecule has 8 nitrogen and oxygen atoms in total. The lowest BCUT2D eigenvalue weighted by Gasteiger charge is -2.26. The molecule has 0 aromatic heterocycles. The van der Waals surface area contributed by atoms with Gasteiger partial charge in [-0.2, -0.15) is 4.31 Å². The second-order valence-electron chi connectivity index (χ2n) is 6.06. The van der Waals surface area contributed by atoms with Crippen LogP contribution in [-0.2, 0) is 19.6 Å². The smallest absolute Gasteiger partial charge is 0.251 e. The Morgan fingerprint density at radius 3 is 2.44 bits per heavy atom. The Morgan fingerprint density at radius 1 is 1.24 bits per heavy atom. The predicted octanol–water partition coefficient (Wildman–Crippen LogP) is -0.788. The molecule has 1 N–H and O–H groups in total. The van der Waals surface area contributed by atoms with E-state index >= 15 is 0 Å². The predicted molar refractivity (Wildman–Crippen MR) is 87.1 cm³/mol. The van der Waals surface area contributed by atoms with Gasteiger partial charge in [-0.1, -0.05) is 19.9 Å². The van der Waals surface area contributed by atoms with Crippen LogP contribution in [0.4, 0.5) is 0 Å². The lowest BCUT2D eigenvalue weighted by atomic mass is 10.0. The van der Waals surface area contributed by atoms with E-state index in [1.165, 1.54) is 28.6 Å². The summed E-state index contributed by atoms with van der Waals surface area (Å²) in [5, 5.41) is 13.5. The van der Waals surface area contributed by atoms with Gasteiger partial charge in [0.05, 0.1) is 30.1 Å². The molecule has 138 valence electrons. The van der Waals surface area contributed by atoms with E-state index in [-0.39, 0.29) is 29.5 Å². The first-order valence-electron chi connectivity index (χ1n) is 7.93. The molecule has 0 radical (unpaired) electrons. The Hall–Kier alpha value is -1.97. The summed E-state index contributed by atoms with van der Waals surface area (Å²) in [5.41, 5.74) is 0.0706. The number of carboxylic acids is 1. The van der Waals surface area contributed by atoms with Gasteiger partial charge in [0.2, 0.25) is 10.0 Å². The number of hydrogen-bond acceptors (Lipinski definition) is 6. The standard InChI is InChI=1S/C16H22N2O6S/c1-11(2)14(16(20)21)17-15(19)12-4-3-5-13(10-12)25(22,23)18-6-8-24-9-7-18/h3-5,10-11,14H,6-9H2,1-2H3,(H,17,19)(H,20,21)/p-1/t14-/m0/s1. The van der Waals surface area contributed by atoms with E-state index < -0.39 is 27.9 Å². The quantitative estimate of drug-likeness (QED) is 0.703. The first-order valence-corrected chi connectivity index (χ1v) is 9.37. The molecule has 1 amide bonds. The number of carbonyl (C=O) groups excluding carboxylic acids is 2. The molecule has 1 aromatic rings. The maximum atomic E-state index is 12.6. The summed E-state index contributed by atoms with van der Waals surface area (Å²) in [7, 11) is -3.73. The summed E-state index contributed by atoms with van der Waals surface area (Å²) in [5.74, 6) is -2.42. The summed E-state index contributed by atoms with van der Waals surface area (Å²) < 4.78 is 31.7. The zero-order valence-electron chi connectivity index (χ0n) is 14.1. The van der Waals surface area contributed by atoms with Crippen molar-refractivity contribution < 1.29 is 27.9 Å². The van der Waals surface area contributed by atoms with Gasteiger partial charge in [0.1, 0.15) is 0 Å². The number of amides is 1. The van der Waals surface area contributed by atoms with Crippen molar-refractivity contribution in [1.82, 2.24) is 9.62 Å². The fourth-order valence-electron chi connectivity index (χ4n) is 2.46. The number of benzene rings is 1. The first-order chi connectivity index (χ1) is 11.7. The highest BCUT2D eigenvalue weighted by Gasteiger charge is 2.27. The molecule has 1 heterocycles. The molecule has 0 spiro atoms. The van der Waals surface area contributed by atoms with E-state index in [9.17, 15) is 23.1 Å². The van der Waals surface area contributed by atoms with Crippen LogP contribution in [-0.4, -0.2) is 56.9 Å². The summed E-state index contributed by atoms with van der Waals surface area (Å²) in [6.07, 6.45) is 0. The molecule has 1 fully saturated rings. The van der Waals surface area contributed by atoms with Gasteiger partial charge in [-0.25, -0.2) is 8.42 Å². The number of nitrogens with one attached hydrogen (secondary N) is 1. The topological polar surface area (TPSA) is 116 Å². The molecule has 2 rings (SSSR count). The van der Waals surface area contributed by atoms with Gasteiger partial charge >= 0.3 is 0 Å². The van der Waals surface area contributed by atoms with Crippen LogP contribution in [0.15, 0.2) is 29.2 Å². The number of carbonyl (C=O) groups is 2. The Balaban J connectivity index is 2.23. The monoisotopic (exact) mass is 369 g/mol. The fourth-order valence-corrected chi connectivity index (χ4v) is 3.91. The van der Waals surface area contributed by atoms with Gasteiger partial charge in [0.25, 0.3) is 5.91 Å². The number of sulfonamides is 1. The third-order valence-electron chi connectivity index (χ3n) is 3.91. The maximum Gasteiger partial charge on any atom is 0.251 e. The number of hydrogen-bond donors (Lipinski definition) is 1. The van der Waals surface area contributed by atoms with Crippen molar-refractivity contribution in [1.29, 1.82) is 0 Å². The fraction of sp³-hybridized carbons (Fsp3) is 0.500. The van der Waals surface area contributed by atoms with E-state index in [1.807, 2.05) is 0 Å². The highest BCUT2D eigenvalue weighted by atomic mass is 32.2. The normalized spacial score (nSPS) is 17.2. The Morgan fingerprint density at radius 2 is 1.88 bits per heavy atom. The Labute approximate surface area is 146 Å². The molecule has 1 atom stereocenters. The van der Waals surface area contributed by atoms with Crippen LogP contribution in [0.5, 0.6) is 0 Å². The van der Waals surface area contributed by atoms with Gasteiger partial charge in [-0.3, -0.25) is 4.79 Å². The van der Waals surface area contributed by atoms with Gasteiger partial charge in [0.15, 0.2) is 0 Å². The second kappa shape index (κ2) is 7.94. The van der Waals surface area contributed by atoms with Gasteiger partial charge in [-0.15, -0.1) is 0 Å². The van der Waals surface area contributed by atoms with E-state index in [1.54, 1.807) is 13.8 Å². The van der Waals surface area contributed by atoms with E-state index in [4.69, 9.17) is 4.74 Å². The van der Waals surface area contributed by atoms with Crippen molar-refractivity contribution in [3.05, 3.63) is 29.8 Å². The Kier molecular flexibility index (Phi) is 6.15. The number of carboxylic acid groups (broad SMARTS) is 1. The van der Waals surface area contributed by atoms with Crippen LogP contribution >= 0.6 is 0 Å². The molecule has 0 saturated carbocycles. The summed E-state index contributed by atoms with van der Waals surface area (Å²) in [6.45, 7) is 4.42. The van der Waals surface area contributed by atoms with Crippen LogP contribution in [0.3, 0.4) is 0 Å². The molecule has 1 aromatic carbocycles. The van der Waals surface area contributed by atoms with Gasteiger partial charge in [-0.05, 0) is 24.1 Å². The molecular formula is C16H21N2O6S-. The minimum absolute atomic E-state index is 0.0170. The van der Waals surface area contributed by atoms with Crippen molar-refractivity contribution in [2.75, 3.05) is 26.3 Å². The number of rotatable bonds is 6. The molecule has 0 unspecified atom stereocenters. The molecule has 0 aliphatic carbocycles. The zero-order valence-corrected chi connectivity index (χ0v) is 14.9. The number of ether oxygens (including phenoxy) is 1. The maximum absolute atomic E-state index is 12.6. The number of aliphatic carboxylic acids is 1. The molecule has 1 aliphatic heterocycles. The van der Waals surface area contributed by atoms with Gasteiger partial charge < -0.3 is 20.0 Å². The van der Waals surface area contributed by atoms with Crippen molar-refractivity contribution in [2.45, 2.75) is 24.8 Å². The number of morpholine rings is 1. The SMILES string of the molecule is CC(C)[C@H](NC(=O)c1cccc(S(=O)(=O)N2CCOCC2)c1)C(=O)[O-]. The Bertz CT molecular complexity index is 741. The van der Waals surface area contributed by atoms with Gasteiger partial charge in [0, 0.05) is 18.7 Å². The summed E-state index contributed by atoms with van der Waals surface area (Å²) in [6, 6.07) is 4.37. The molecular weight excluding hydrogens is 348 g/mol. The van der Waals surface area contributed by atoms with E-state index in [0.29, 0.717) is 13.2 Å². The lowest BCUT2D eigenvalue weighted by Crippen LogP contribution is -2.50. The minimum atomic E-state index is -3.73. The molecule has 9 heteroatoms. The largest absolute Gasteiger partial charge is 0.548 e.